The van der Waals surface area contributed by atoms with Crippen LogP contribution in [-0.2, 0) is 9.59 Å². The molecule has 0 fully saturated rings. The first kappa shape index (κ1) is 33.3. The third-order valence-corrected chi connectivity index (χ3v) is 5.17. The Bertz CT molecular complexity index is 515. The van der Waals surface area contributed by atoms with Gasteiger partial charge in [-0.3, -0.25) is 4.79 Å². The van der Waals surface area contributed by atoms with Crippen molar-refractivity contribution in [2.24, 2.45) is 0 Å². The van der Waals surface area contributed by atoms with E-state index in [1.54, 1.807) is 0 Å². The normalized spacial score (nSPS) is 11.6. The predicted octanol–water partition coefficient (Wildman–Crippen LogP) is 9.54. The summed E-state index contributed by atoms with van der Waals surface area (Å²) in [6.45, 7) is 4.42. The molecule has 0 saturated heterocycles. The molecule has 0 spiro atoms. The minimum Gasteiger partial charge on any atom is -0.481 e. The average molecular weight is 461 g/mol. The maximum absolute atomic E-state index is 10.2. The highest BCUT2D eigenvalue weighted by molar-refractivity contribution is 5.66. The molecule has 190 valence electrons. The molecule has 0 saturated carbocycles. The summed E-state index contributed by atoms with van der Waals surface area (Å²) in [5.74, 6) is -0.686. The Labute approximate surface area is 205 Å². The van der Waals surface area contributed by atoms with Gasteiger partial charge in [0.15, 0.2) is 0 Å². The van der Waals surface area contributed by atoms with Crippen molar-refractivity contribution in [2.45, 2.75) is 129 Å². The molecule has 0 aromatic carbocycles. The first-order valence-electron chi connectivity index (χ1n) is 13.5. The van der Waals surface area contributed by atoms with Gasteiger partial charge in [0.05, 0.1) is 0 Å². The minimum absolute atomic E-state index is 0.306. The SMILES string of the molecule is CCCC/C=C/C=C\CCCCCCCC=O.CCCC/C=C\C=C/CCCCCC(=O)O. The fourth-order valence-corrected chi connectivity index (χ4v) is 3.08. The fourth-order valence-electron chi connectivity index (χ4n) is 3.08. The number of carbonyl (C=O) groups excluding carboxylic acids is 1. The number of allylic oxidation sites excluding steroid dienone is 8. The zero-order chi connectivity index (χ0) is 24.7. The summed E-state index contributed by atoms with van der Waals surface area (Å²) in [5.41, 5.74) is 0. The van der Waals surface area contributed by atoms with Crippen LogP contribution in [0.25, 0.3) is 0 Å². The molecule has 0 amide bonds. The summed E-state index contributed by atoms with van der Waals surface area (Å²) in [7, 11) is 0. The van der Waals surface area contributed by atoms with Crippen LogP contribution in [0.4, 0.5) is 0 Å². The number of hydrogen-bond acceptors (Lipinski definition) is 2. The Morgan fingerprint density at radius 3 is 1.30 bits per heavy atom. The minimum atomic E-state index is -0.686. The van der Waals surface area contributed by atoms with E-state index in [4.69, 9.17) is 5.11 Å². The highest BCUT2D eigenvalue weighted by Crippen LogP contribution is 2.07. The Balaban J connectivity index is 0. The number of carbonyl (C=O) groups is 2. The lowest BCUT2D eigenvalue weighted by molar-refractivity contribution is -0.137. The van der Waals surface area contributed by atoms with E-state index in [0.717, 1.165) is 44.8 Å². The largest absolute Gasteiger partial charge is 0.481 e. The summed E-state index contributed by atoms with van der Waals surface area (Å²) >= 11 is 0. The highest BCUT2D eigenvalue weighted by atomic mass is 16.4. The Hall–Kier alpha value is -1.90. The van der Waals surface area contributed by atoms with Gasteiger partial charge in [0, 0.05) is 12.8 Å². The number of aliphatic carboxylic acids is 1. The van der Waals surface area contributed by atoms with E-state index in [0.29, 0.717) is 6.42 Å². The number of unbranched alkanes of at least 4 members (excludes halogenated alkanes) is 13. The Morgan fingerprint density at radius 2 is 0.909 bits per heavy atom. The second-order valence-corrected chi connectivity index (χ2v) is 8.50. The lowest BCUT2D eigenvalue weighted by atomic mass is 10.1. The molecule has 0 aromatic heterocycles. The number of carboxylic acids is 1. The molecular formula is C30H52O3. The van der Waals surface area contributed by atoms with Crippen LogP contribution in [-0.4, -0.2) is 17.4 Å². The van der Waals surface area contributed by atoms with E-state index >= 15 is 0 Å². The molecule has 0 unspecified atom stereocenters. The van der Waals surface area contributed by atoms with Gasteiger partial charge in [0.2, 0.25) is 0 Å². The van der Waals surface area contributed by atoms with Gasteiger partial charge in [-0.05, 0) is 51.4 Å². The first-order valence-corrected chi connectivity index (χ1v) is 13.5. The predicted molar refractivity (Wildman–Crippen MR) is 145 cm³/mol. The topological polar surface area (TPSA) is 54.4 Å². The van der Waals surface area contributed by atoms with Crippen LogP contribution in [0, 0.1) is 0 Å². The van der Waals surface area contributed by atoms with Crippen molar-refractivity contribution in [2.75, 3.05) is 0 Å². The summed E-state index contributed by atoms with van der Waals surface area (Å²) in [4.78, 5) is 20.3. The van der Waals surface area contributed by atoms with E-state index in [1.807, 2.05) is 0 Å². The van der Waals surface area contributed by atoms with Crippen molar-refractivity contribution < 1.29 is 14.7 Å². The third kappa shape index (κ3) is 37.7. The van der Waals surface area contributed by atoms with Gasteiger partial charge < -0.3 is 9.90 Å². The van der Waals surface area contributed by atoms with Gasteiger partial charge in [-0.2, -0.15) is 0 Å². The van der Waals surface area contributed by atoms with Crippen LogP contribution in [0.5, 0.6) is 0 Å². The van der Waals surface area contributed by atoms with Crippen molar-refractivity contribution >= 4 is 12.3 Å². The van der Waals surface area contributed by atoms with E-state index in [1.165, 1.54) is 70.6 Å². The maximum Gasteiger partial charge on any atom is 0.303 e. The molecule has 3 heteroatoms. The fraction of sp³-hybridized carbons (Fsp3) is 0.667. The standard InChI is InChI=1S/C16H28O.C14H24O2/c1-2-3-4-5-6-7-8-9-10-11-12-13-14-15-16-17;1-2-3-4-5-6-7-8-9-10-11-12-13-14(15)16/h5-8,16H,2-4,9-15H2,1H3;5-8H,2-4,9-13H2,1H3,(H,15,16)/b6-5+,8-7-;6-5-,8-7-. The van der Waals surface area contributed by atoms with Crippen LogP contribution in [0.3, 0.4) is 0 Å². The molecule has 0 heterocycles. The van der Waals surface area contributed by atoms with Gasteiger partial charge in [-0.15, -0.1) is 0 Å². The van der Waals surface area contributed by atoms with Crippen molar-refractivity contribution in [3.8, 4) is 0 Å². The Kier molecular flexibility index (Phi) is 32.5. The number of carboxylic acid groups (broad SMARTS) is 1. The molecule has 0 aliphatic carbocycles. The molecule has 0 aliphatic rings. The molecule has 0 bridgehead atoms. The van der Waals surface area contributed by atoms with Crippen LogP contribution in [0.2, 0.25) is 0 Å². The number of aldehydes is 1. The lowest BCUT2D eigenvalue weighted by Crippen LogP contribution is -1.93. The molecule has 0 aliphatic heterocycles. The maximum atomic E-state index is 10.2. The Morgan fingerprint density at radius 1 is 0.545 bits per heavy atom. The molecule has 1 N–H and O–H groups in total. The summed E-state index contributed by atoms with van der Waals surface area (Å²) < 4.78 is 0. The molecule has 3 nitrogen and oxygen atoms in total. The van der Waals surface area contributed by atoms with E-state index < -0.39 is 5.97 Å². The number of rotatable bonds is 22. The molecular weight excluding hydrogens is 408 g/mol. The molecule has 0 rings (SSSR count). The molecule has 0 atom stereocenters. The van der Waals surface area contributed by atoms with Crippen LogP contribution < -0.4 is 0 Å². The highest BCUT2D eigenvalue weighted by Gasteiger charge is 1.94. The van der Waals surface area contributed by atoms with Gasteiger partial charge >= 0.3 is 5.97 Å². The van der Waals surface area contributed by atoms with Crippen molar-refractivity contribution in [3.05, 3.63) is 48.6 Å². The van der Waals surface area contributed by atoms with Crippen molar-refractivity contribution in [1.29, 1.82) is 0 Å². The summed E-state index contributed by atoms with van der Waals surface area (Å²) in [5, 5.41) is 8.43. The monoisotopic (exact) mass is 460 g/mol. The second-order valence-electron chi connectivity index (χ2n) is 8.50. The van der Waals surface area contributed by atoms with E-state index in [2.05, 4.69) is 62.5 Å². The van der Waals surface area contributed by atoms with E-state index in [-0.39, 0.29) is 0 Å². The lowest BCUT2D eigenvalue weighted by Gasteiger charge is -1.96. The third-order valence-electron chi connectivity index (χ3n) is 5.17. The zero-order valence-electron chi connectivity index (χ0n) is 21.7. The summed E-state index contributed by atoms with van der Waals surface area (Å²) in [6, 6.07) is 0. The van der Waals surface area contributed by atoms with Crippen LogP contribution in [0.1, 0.15) is 129 Å². The smallest absolute Gasteiger partial charge is 0.303 e. The molecule has 0 aromatic rings. The van der Waals surface area contributed by atoms with Crippen LogP contribution in [0.15, 0.2) is 48.6 Å². The van der Waals surface area contributed by atoms with Crippen LogP contribution >= 0.6 is 0 Å². The van der Waals surface area contributed by atoms with Crippen molar-refractivity contribution in [3.63, 3.8) is 0 Å². The molecule has 0 radical (unpaired) electrons. The van der Waals surface area contributed by atoms with Gasteiger partial charge in [0.25, 0.3) is 0 Å². The van der Waals surface area contributed by atoms with E-state index in [9.17, 15) is 9.59 Å². The number of hydrogen-bond donors (Lipinski definition) is 1. The quantitative estimate of drug-likeness (QED) is 0.0993. The first-order chi connectivity index (χ1) is 16.2. The summed E-state index contributed by atoms with van der Waals surface area (Å²) in [6.07, 6.45) is 38.2. The van der Waals surface area contributed by atoms with Gasteiger partial charge in [-0.25, -0.2) is 0 Å². The zero-order valence-corrected chi connectivity index (χ0v) is 21.7. The van der Waals surface area contributed by atoms with Gasteiger partial charge in [-0.1, -0.05) is 114 Å². The average Bonchev–Trinajstić information content (AvgIpc) is 2.81. The van der Waals surface area contributed by atoms with Crippen molar-refractivity contribution in [1.82, 2.24) is 0 Å². The molecule has 33 heavy (non-hydrogen) atoms. The second kappa shape index (κ2) is 32.3. The van der Waals surface area contributed by atoms with Gasteiger partial charge in [0.1, 0.15) is 6.29 Å².